The molecule has 0 saturated carbocycles. The molecule has 1 aromatic carbocycles. The third kappa shape index (κ3) is 5.07. The summed E-state index contributed by atoms with van der Waals surface area (Å²) < 4.78 is 13.0. The second-order valence-corrected chi connectivity index (χ2v) is 4.63. The highest BCUT2D eigenvalue weighted by Crippen LogP contribution is 2.13. The first kappa shape index (κ1) is 12.4. The third-order valence-corrected chi connectivity index (χ3v) is 2.84. The van der Waals surface area contributed by atoms with Crippen LogP contribution in [0.25, 0.3) is 0 Å². The second-order valence-electron chi connectivity index (χ2n) is 3.64. The first-order valence-electron chi connectivity index (χ1n) is 5.22. The summed E-state index contributed by atoms with van der Waals surface area (Å²) in [6.45, 7) is 2.82. The quantitative estimate of drug-likeness (QED) is 0.744. The van der Waals surface area contributed by atoms with Crippen molar-refractivity contribution in [3.63, 3.8) is 0 Å². The van der Waals surface area contributed by atoms with Gasteiger partial charge in [-0.1, -0.05) is 0 Å². The summed E-state index contributed by atoms with van der Waals surface area (Å²) in [5, 5.41) is 3.24. The number of anilines is 1. The van der Waals surface area contributed by atoms with Crippen molar-refractivity contribution in [2.24, 2.45) is 0 Å². The number of rotatable bonds is 6. The fourth-order valence-corrected chi connectivity index (χ4v) is 1.94. The van der Waals surface area contributed by atoms with Crippen LogP contribution >= 0.6 is 11.8 Å². The lowest BCUT2D eigenvalue weighted by Crippen LogP contribution is -2.02. The predicted molar refractivity (Wildman–Crippen MR) is 67.2 cm³/mol. The summed E-state index contributed by atoms with van der Waals surface area (Å²) in [5.74, 6) is 1.03. The van der Waals surface area contributed by atoms with Gasteiger partial charge in [0.2, 0.25) is 0 Å². The Bertz CT molecular complexity index is 281. The molecule has 1 nitrogen and oxygen atoms in total. The minimum Gasteiger partial charge on any atom is -0.385 e. The summed E-state index contributed by atoms with van der Waals surface area (Å²) in [6.07, 6.45) is 4.46. The molecular formula is C12H18FNS. The van der Waals surface area contributed by atoms with Crippen molar-refractivity contribution in [1.82, 2.24) is 0 Å². The van der Waals surface area contributed by atoms with Crippen molar-refractivity contribution in [3.8, 4) is 0 Å². The van der Waals surface area contributed by atoms with E-state index in [1.54, 1.807) is 12.1 Å². The van der Waals surface area contributed by atoms with Crippen LogP contribution in [0.4, 0.5) is 10.1 Å². The lowest BCUT2D eigenvalue weighted by molar-refractivity contribution is 0.627. The molecular weight excluding hydrogens is 209 g/mol. The largest absolute Gasteiger partial charge is 0.385 e. The molecule has 0 unspecified atom stereocenters. The summed E-state index contributed by atoms with van der Waals surface area (Å²) >= 11 is 1.86. The number of aryl methyl sites for hydroxylation is 1. The molecule has 0 radical (unpaired) electrons. The topological polar surface area (TPSA) is 12.0 Å². The molecule has 0 saturated heterocycles. The Hall–Kier alpha value is -0.700. The highest BCUT2D eigenvalue weighted by atomic mass is 32.2. The van der Waals surface area contributed by atoms with E-state index < -0.39 is 0 Å². The zero-order valence-corrected chi connectivity index (χ0v) is 10.2. The normalized spacial score (nSPS) is 10.3. The highest BCUT2D eigenvalue weighted by molar-refractivity contribution is 7.98. The van der Waals surface area contributed by atoms with Gasteiger partial charge in [0.1, 0.15) is 5.82 Å². The molecule has 15 heavy (non-hydrogen) atoms. The van der Waals surface area contributed by atoms with Gasteiger partial charge >= 0.3 is 0 Å². The lowest BCUT2D eigenvalue weighted by atomic mass is 10.2. The lowest BCUT2D eigenvalue weighted by Gasteiger charge is -2.07. The monoisotopic (exact) mass is 227 g/mol. The Balaban J connectivity index is 2.31. The summed E-state index contributed by atoms with van der Waals surface area (Å²) in [7, 11) is 0. The molecule has 1 N–H and O–H groups in total. The molecule has 0 amide bonds. The van der Waals surface area contributed by atoms with Crippen LogP contribution in [-0.4, -0.2) is 18.6 Å². The number of halogens is 1. The average molecular weight is 227 g/mol. The minimum atomic E-state index is -0.165. The fourth-order valence-electron chi connectivity index (χ4n) is 1.44. The molecule has 0 aliphatic heterocycles. The van der Waals surface area contributed by atoms with Crippen molar-refractivity contribution >= 4 is 17.4 Å². The van der Waals surface area contributed by atoms with E-state index in [9.17, 15) is 4.39 Å². The zero-order valence-electron chi connectivity index (χ0n) is 9.35. The Kier molecular flexibility index (Phi) is 5.54. The Morgan fingerprint density at radius 3 is 2.73 bits per heavy atom. The van der Waals surface area contributed by atoms with Gasteiger partial charge in [-0.2, -0.15) is 11.8 Å². The molecule has 1 aromatic rings. The maximum Gasteiger partial charge on any atom is 0.125 e. The van der Waals surface area contributed by atoms with Gasteiger partial charge in [-0.3, -0.25) is 0 Å². The molecule has 0 aromatic heterocycles. The molecule has 0 aliphatic carbocycles. The van der Waals surface area contributed by atoms with E-state index in [-0.39, 0.29) is 5.82 Å². The van der Waals surface area contributed by atoms with Gasteiger partial charge in [-0.25, -0.2) is 4.39 Å². The van der Waals surface area contributed by atoms with Gasteiger partial charge in [0.15, 0.2) is 0 Å². The highest BCUT2D eigenvalue weighted by Gasteiger charge is 1.96. The molecule has 0 atom stereocenters. The first-order chi connectivity index (χ1) is 7.22. The van der Waals surface area contributed by atoms with E-state index in [4.69, 9.17) is 0 Å². The standard InChI is InChI=1S/C12H18FNS/c1-10-7-11(13)9-12(8-10)14-5-3-4-6-15-2/h7-9,14H,3-6H2,1-2H3. The maximum atomic E-state index is 13.0. The Morgan fingerprint density at radius 2 is 2.07 bits per heavy atom. The van der Waals surface area contributed by atoms with Crippen LogP contribution in [0.2, 0.25) is 0 Å². The number of unbranched alkanes of at least 4 members (excludes halogenated alkanes) is 1. The van der Waals surface area contributed by atoms with E-state index in [0.29, 0.717) is 0 Å². The van der Waals surface area contributed by atoms with Crippen LogP contribution in [0.15, 0.2) is 18.2 Å². The van der Waals surface area contributed by atoms with Crippen LogP contribution in [0.3, 0.4) is 0 Å². The van der Waals surface area contributed by atoms with Gasteiger partial charge in [-0.05, 0) is 55.5 Å². The van der Waals surface area contributed by atoms with E-state index in [2.05, 4.69) is 11.6 Å². The summed E-state index contributed by atoms with van der Waals surface area (Å²) in [5.41, 5.74) is 1.85. The molecule has 1 rings (SSSR count). The number of nitrogens with one attached hydrogen (secondary N) is 1. The van der Waals surface area contributed by atoms with Crippen LogP contribution < -0.4 is 5.32 Å². The van der Waals surface area contributed by atoms with Crippen molar-refractivity contribution in [1.29, 1.82) is 0 Å². The molecule has 3 heteroatoms. The number of benzene rings is 1. The van der Waals surface area contributed by atoms with Crippen molar-refractivity contribution < 1.29 is 4.39 Å². The average Bonchev–Trinajstić information content (AvgIpc) is 2.16. The SMILES string of the molecule is CSCCCCNc1cc(C)cc(F)c1. The molecule has 84 valence electrons. The first-order valence-corrected chi connectivity index (χ1v) is 6.62. The minimum absolute atomic E-state index is 0.165. The van der Waals surface area contributed by atoms with Crippen LogP contribution in [0, 0.1) is 12.7 Å². The van der Waals surface area contributed by atoms with E-state index in [1.807, 2.05) is 24.8 Å². The Morgan fingerprint density at radius 1 is 1.27 bits per heavy atom. The van der Waals surface area contributed by atoms with Gasteiger partial charge in [0, 0.05) is 12.2 Å². The Labute approximate surface area is 95.5 Å². The van der Waals surface area contributed by atoms with Crippen molar-refractivity contribution in [2.45, 2.75) is 19.8 Å². The smallest absolute Gasteiger partial charge is 0.125 e. The van der Waals surface area contributed by atoms with Crippen molar-refractivity contribution in [2.75, 3.05) is 23.9 Å². The predicted octanol–water partition coefficient (Wildman–Crippen LogP) is 3.69. The number of hydrogen-bond acceptors (Lipinski definition) is 2. The number of hydrogen-bond donors (Lipinski definition) is 1. The van der Waals surface area contributed by atoms with E-state index in [0.717, 1.165) is 24.2 Å². The molecule has 0 bridgehead atoms. The third-order valence-electron chi connectivity index (χ3n) is 2.15. The number of thioether (sulfide) groups is 1. The molecule has 0 aliphatic rings. The summed E-state index contributed by atoms with van der Waals surface area (Å²) in [6, 6.07) is 5.05. The van der Waals surface area contributed by atoms with Gasteiger partial charge in [-0.15, -0.1) is 0 Å². The molecule has 0 spiro atoms. The van der Waals surface area contributed by atoms with Crippen LogP contribution in [-0.2, 0) is 0 Å². The summed E-state index contributed by atoms with van der Waals surface area (Å²) in [4.78, 5) is 0. The molecule has 0 heterocycles. The molecule has 0 fully saturated rings. The van der Waals surface area contributed by atoms with E-state index in [1.165, 1.54) is 12.2 Å². The maximum absolute atomic E-state index is 13.0. The van der Waals surface area contributed by atoms with Crippen molar-refractivity contribution in [3.05, 3.63) is 29.6 Å². The fraction of sp³-hybridized carbons (Fsp3) is 0.500. The van der Waals surface area contributed by atoms with Crippen LogP contribution in [0.5, 0.6) is 0 Å². The van der Waals surface area contributed by atoms with Gasteiger partial charge in [0.05, 0.1) is 0 Å². The van der Waals surface area contributed by atoms with E-state index >= 15 is 0 Å². The second kappa shape index (κ2) is 6.72. The van der Waals surface area contributed by atoms with Gasteiger partial charge < -0.3 is 5.32 Å². The van der Waals surface area contributed by atoms with Gasteiger partial charge in [0.25, 0.3) is 0 Å². The zero-order chi connectivity index (χ0) is 11.1. The van der Waals surface area contributed by atoms with Crippen LogP contribution in [0.1, 0.15) is 18.4 Å².